The molecule has 1 fully saturated rings. The van der Waals surface area contributed by atoms with E-state index in [1.54, 1.807) is 0 Å². The Kier molecular flexibility index (Phi) is 6.46. The first-order valence-electron chi connectivity index (χ1n) is 6.55. The summed E-state index contributed by atoms with van der Waals surface area (Å²) in [4.78, 5) is 11.4. The van der Waals surface area contributed by atoms with Crippen molar-refractivity contribution in [1.29, 1.82) is 0 Å². The molecule has 1 saturated carbocycles. The van der Waals surface area contributed by atoms with E-state index in [1.165, 1.54) is 25.7 Å². The number of ether oxygens (including phenoxy) is 2. The van der Waals surface area contributed by atoms with E-state index < -0.39 is 0 Å². The number of rotatable bonds is 9. The van der Waals surface area contributed by atoms with Gasteiger partial charge in [0.25, 0.3) is 0 Å². The highest BCUT2D eigenvalue weighted by Crippen LogP contribution is 2.36. The molecule has 0 saturated heterocycles. The third kappa shape index (κ3) is 5.50. The van der Waals surface area contributed by atoms with Gasteiger partial charge in [-0.1, -0.05) is 19.8 Å². The third-order valence-electron chi connectivity index (χ3n) is 2.90. The van der Waals surface area contributed by atoms with Gasteiger partial charge in [0, 0.05) is 6.61 Å². The van der Waals surface area contributed by atoms with Gasteiger partial charge in [0.05, 0.1) is 19.1 Å². The molecule has 1 rings (SSSR count). The Bertz CT molecular complexity index is 199. The number of hydrogen-bond donors (Lipinski definition) is 0. The van der Waals surface area contributed by atoms with Crippen molar-refractivity contribution in [2.45, 2.75) is 58.5 Å². The first-order valence-corrected chi connectivity index (χ1v) is 6.55. The molecule has 94 valence electrons. The molecule has 0 bridgehead atoms. The smallest absolute Gasteiger partial charge is 0.308 e. The lowest BCUT2D eigenvalue weighted by molar-refractivity contribution is -0.146. The second-order valence-electron chi connectivity index (χ2n) is 4.46. The van der Waals surface area contributed by atoms with E-state index in [0.717, 1.165) is 13.0 Å². The van der Waals surface area contributed by atoms with Crippen molar-refractivity contribution in [2.75, 3.05) is 13.2 Å². The molecule has 0 radical (unpaired) electrons. The fourth-order valence-electron chi connectivity index (χ4n) is 1.80. The Balaban J connectivity index is 2.17. The van der Waals surface area contributed by atoms with E-state index in [2.05, 4.69) is 6.92 Å². The summed E-state index contributed by atoms with van der Waals surface area (Å²) in [6.45, 7) is 5.27. The van der Waals surface area contributed by atoms with Crippen LogP contribution in [0.5, 0.6) is 0 Å². The maximum atomic E-state index is 11.4. The zero-order chi connectivity index (χ0) is 11.8. The summed E-state index contributed by atoms with van der Waals surface area (Å²) in [6, 6.07) is 0. The Morgan fingerprint density at radius 3 is 2.62 bits per heavy atom. The molecular weight excluding hydrogens is 204 g/mol. The molecular formula is C13H24O3. The number of carbonyl (C=O) groups excluding carboxylic acids is 1. The van der Waals surface area contributed by atoms with Crippen molar-refractivity contribution in [3.05, 3.63) is 0 Å². The van der Waals surface area contributed by atoms with Crippen molar-refractivity contribution in [2.24, 2.45) is 5.92 Å². The van der Waals surface area contributed by atoms with Crippen molar-refractivity contribution in [3.8, 4) is 0 Å². The van der Waals surface area contributed by atoms with Gasteiger partial charge in [0.15, 0.2) is 0 Å². The number of esters is 1. The zero-order valence-electron chi connectivity index (χ0n) is 10.5. The van der Waals surface area contributed by atoms with E-state index in [-0.39, 0.29) is 12.1 Å². The summed E-state index contributed by atoms with van der Waals surface area (Å²) in [6.07, 6.45) is 6.46. The minimum Gasteiger partial charge on any atom is -0.466 e. The van der Waals surface area contributed by atoms with Crippen LogP contribution in [-0.4, -0.2) is 25.3 Å². The van der Waals surface area contributed by atoms with Gasteiger partial charge >= 0.3 is 5.97 Å². The van der Waals surface area contributed by atoms with E-state index in [9.17, 15) is 4.79 Å². The normalized spacial score (nSPS) is 17.1. The lowest BCUT2D eigenvalue weighted by atomic mass is 10.1. The summed E-state index contributed by atoms with van der Waals surface area (Å²) in [5.41, 5.74) is 0. The van der Waals surface area contributed by atoms with Crippen LogP contribution in [0.4, 0.5) is 0 Å². The van der Waals surface area contributed by atoms with Crippen LogP contribution in [0.25, 0.3) is 0 Å². The highest BCUT2D eigenvalue weighted by molar-refractivity contribution is 5.70. The van der Waals surface area contributed by atoms with Crippen molar-refractivity contribution >= 4 is 5.97 Å². The maximum Gasteiger partial charge on any atom is 0.308 e. The molecule has 0 N–H and O–H groups in total. The number of hydrogen-bond acceptors (Lipinski definition) is 3. The Hall–Kier alpha value is -0.570. The van der Waals surface area contributed by atoms with Gasteiger partial charge < -0.3 is 9.47 Å². The van der Waals surface area contributed by atoms with Gasteiger partial charge in [-0.2, -0.15) is 0 Å². The fourth-order valence-corrected chi connectivity index (χ4v) is 1.80. The van der Waals surface area contributed by atoms with E-state index in [1.807, 2.05) is 6.92 Å². The number of carbonyl (C=O) groups is 1. The van der Waals surface area contributed by atoms with Crippen LogP contribution >= 0.6 is 0 Å². The first kappa shape index (κ1) is 13.5. The van der Waals surface area contributed by atoms with Gasteiger partial charge in [0.1, 0.15) is 0 Å². The lowest BCUT2D eigenvalue weighted by Crippen LogP contribution is -2.22. The summed E-state index contributed by atoms with van der Waals surface area (Å²) in [5, 5.41) is 0. The summed E-state index contributed by atoms with van der Waals surface area (Å²) in [7, 11) is 0. The van der Waals surface area contributed by atoms with E-state index in [4.69, 9.17) is 9.47 Å². The standard InChI is InChI=1S/C13H24O3/c1-3-5-6-9-16-12(11-7-8-11)10-13(14)15-4-2/h11-12H,3-10H2,1-2H3. The van der Waals surface area contributed by atoms with Crippen molar-refractivity contribution in [3.63, 3.8) is 0 Å². The second kappa shape index (κ2) is 7.66. The second-order valence-corrected chi connectivity index (χ2v) is 4.46. The molecule has 1 unspecified atom stereocenters. The first-order chi connectivity index (χ1) is 7.77. The topological polar surface area (TPSA) is 35.5 Å². The van der Waals surface area contributed by atoms with Crippen LogP contribution in [0.3, 0.4) is 0 Å². The average molecular weight is 228 g/mol. The van der Waals surface area contributed by atoms with Gasteiger partial charge in [0.2, 0.25) is 0 Å². The highest BCUT2D eigenvalue weighted by Gasteiger charge is 2.33. The van der Waals surface area contributed by atoms with Crippen LogP contribution in [0.2, 0.25) is 0 Å². The van der Waals surface area contributed by atoms with Gasteiger partial charge in [-0.05, 0) is 32.1 Å². The predicted molar refractivity (Wildman–Crippen MR) is 63.2 cm³/mol. The van der Waals surface area contributed by atoms with Crippen LogP contribution in [0.15, 0.2) is 0 Å². The van der Waals surface area contributed by atoms with Gasteiger partial charge in [-0.25, -0.2) is 0 Å². The van der Waals surface area contributed by atoms with E-state index >= 15 is 0 Å². The minimum absolute atomic E-state index is 0.107. The average Bonchev–Trinajstić information content (AvgIpc) is 3.06. The molecule has 16 heavy (non-hydrogen) atoms. The van der Waals surface area contributed by atoms with Crippen LogP contribution in [0, 0.1) is 5.92 Å². The van der Waals surface area contributed by atoms with E-state index in [0.29, 0.717) is 18.9 Å². The lowest BCUT2D eigenvalue weighted by Gasteiger charge is -2.16. The van der Waals surface area contributed by atoms with Crippen LogP contribution in [0.1, 0.15) is 52.4 Å². The molecule has 3 nitrogen and oxygen atoms in total. The number of unbranched alkanes of at least 4 members (excludes halogenated alkanes) is 2. The van der Waals surface area contributed by atoms with Gasteiger partial charge in [-0.3, -0.25) is 4.79 Å². The van der Waals surface area contributed by atoms with Gasteiger partial charge in [-0.15, -0.1) is 0 Å². The minimum atomic E-state index is -0.116. The molecule has 0 spiro atoms. The highest BCUT2D eigenvalue weighted by atomic mass is 16.5. The summed E-state index contributed by atoms with van der Waals surface area (Å²) in [5.74, 6) is 0.487. The summed E-state index contributed by atoms with van der Waals surface area (Å²) >= 11 is 0. The van der Waals surface area contributed by atoms with Crippen LogP contribution < -0.4 is 0 Å². The zero-order valence-corrected chi connectivity index (χ0v) is 10.5. The SMILES string of the molecule is CCCCCOC(CC(=O)OCC)C1CC1. The largest absolute Gasteiger partial charge is 0.466 e. The van der Waals surface area contributed by atoms with Crippen LogP contribution in [-0.2, 0) is 14.3 Å². The van der Waals surface area contributed by atoms with Crippen molar-refractivity contribution in [1.82, 2.24) is 0 Å². The molecule has 3 heteroatoms. The van der Waals surface area contributed by atoms with Crippen molar-refractivity contribution < 1.29 is 14.3 Å². The molecule has 0 aliphatic heterocycles. The Morgan fingerprint density at radius 1 is 1.31 bits per heavy atom. The molecule has 0 aromatic heterocycles. The molecule has 1 atom stereocenters. The molecule has 1 aliphatic rings. The Labute approximate surface area is 98.5 Å². The quantitative estimate of drug-likeness (QED) is 0.449. The monoisotopic (exact) mass is 228 g/mol. The maximum absolute atomic E-state index is 11.4. The predicted octanol–water partition coefficient (Wildman–Crippen LogP) is 2.93. The molecule has 0 aromatic rings. The molecule has 0 amide bonds. The Morgan fingerprint density at radius 2 is 2.06 bits per heavy atom. The molecule has 0 heterocycles. The fraction of sp³-hybridized carbons (Fsp3) is 0.923. The molecule has 1 aliphatic carbocycles. The third-order valence-corrected chi connectivity index (χ3v) is 2.90. The molecule has 0 aromatic carbocycles. The summed E-state index contributed by atoms with van der Waals surface area (Å²) < 4.78 is 10.7.